The molecule has 2 aliphatic heterocycles. The Kier molecular flexibility index (Phi) is 6.40. The fourth-order valence-corrected chi connectivity index (χ4v) is 5.02. The highest BCUT2D eigenvalue weighted by atomic mass is 16.2. The quantitative estimate of drug-likeness (QED) is 0.632. The number of carbonyl (C=O) groups is 1. The van der Waals surface area contributed by atoms with Crippen LogP contribution in [-0.2, 0) is 19.5 Å². The molecule has 1 fully saturated rings. The van der Waals surface area contributed by atoms with Crippen LogP contribution in [0.4, 0.5) is 0 Å². The Morgan fingerprint density at radius 1 is 0.971 bits per heavy atom. The predicted octanol–water partition coefficient (Wildman–Crippen LogP) is 2.28. The van der Waals surface area contributed by atoms with E-state index < -0.39 is 0 Å². The minimum absolute atomic E-state index is 0.0161. The van der Waals surface area contributed by atoms with Crippen LogP contribution in [-0.4, -0.2) is 56.4 Å². The summed E-state index contributed by atoms with van der Waals surface area (Å²) in [5.74, 6) is -0.126. The third-order valence-electron chi connectivity index (χ3n) is 6.87. The van der Waals surface area contributed by atoms with Crippen LogP contribution in [0.2, 0.25) is 0 Å². The Hall–Kier alpha value is -3.52. The molecule has 0 radical (unpaired) electrons. The average molecular weight is 460 g/mol. The van der Waals surface area contributed by atoms with Gasteiger partial charge in [-0.2, -0.15) is 0 Å². The lowest BCUT2D eigenvalue weighted by molar-refractivity contribution is 0.0731. The number of nitrogens with one attached hydrogen (secondary N) is 1. The van der Waals surface area contributed by atoms with Crippen LogP contribution in [0, 0.1) is 0 Å². The van der Waals surface area contributed by atoms with E-state index in [0.29, 0.717) is 37.2 Å². The first-order valence-corrected chi connectivity index (χ1v) is 12.0. The molecule has 0 saturated carbocycles. The molecule has 0 atom stereocenters. The summed E-state index contributed by atoms with van der Waals surface area (Å²) >= 11 is 0. The van der Waals surface area contributed by atoms with Crippen LogP contribution < -0.4 is 11.1 Å². The molecule has 2 aliphatic rings. The molecule has 0 aromatic carbocycles. The summed E-state index contributed by atoms with van der Waals surface area (Å²) in [4.78, 5) is 48.9. The third-order valence-corrected chi connectivity index (χ3v) is 6.87. The Bertz CT molecular complexity index is 1270. The summed E-state index contributed by atoms with van der Waals surface area (Å²) in [6.07, 6.45) is 9.18. The first-order chi connectivity index (χ1) is 16.6. The van der Waals surface area contributed by atoms with Crippen molar-refractivity contribution in [2.45, 2.75) is 38.8 Å². The van der Waals surface area contributed by atoms with Crippen molar-refractivity contribution in [1.29, 1.82) is 0 Å². The van der Waals surface area contributed by atoms with Gasteiger partial charge in [0.25, 0.3) is 11.5 Å². The number of amides is 1. The first-order valence-electron chi connectivity index (χ1n) is 12.0. The number of likely N-dealkylation sites (tertiary alicyclic amines) is 1. The molecule has 176 valence electrons. The zero-order valence-electron chi connectivity index (χ0n) is 19.2. The van der Waals surface area contributed by atoms with E-state index in [2.05, 4.69) is 14.9 Å². The van der Waals surface area contributed by atoms with Crippen molar-refractivity contribution in [1.82, 2.24) is 24.3 Å². The normalized spacial score (nSPS) is 16.3. The maximum absolute atomic E-state index is 13.6. The van der Waals surface area contributed by atoms with Crippen molar-refractivity contribution in [3.05, 3.63) is 86.5 Å². The minimum atomic E-state index is -0.236. The molecular weight excluding hydrogens is 430 g/mol. The van der Waals surface area contributed by atoms with Crippen LogP contribution in [0.1, 0.15) is 40.9 Å². The number of carbonyl (C=O) groups excluding carboxylic acids is 1. The van der Waals surface area contributed by atoms with Gasteiger partial charge in [-0.15, -0.1) is 0 Å². The molecule has 5 rings (SSSR count). The lowest BCUT2D eigenvalue weighted by Gasteiger charge is -2.32. The number of pyridine rings is 3. The maximum Gasteiger partial charge on any atom is 0.258 e. The summed E-state index contributed by atoms with van der Waals surface area (Å²) in [7, 11) is 0. The van der Waals surface area contributed by atoms with Crippen molar-refractivity contribution in [2.24, 2.45) is 0 Å². The molecular formula is C26H29N5O3. The molecule has 0 unspecified atom stereocenters. The Morgan fingerprint density at radius 2 is 1.76 bits per heavy atom. The molecule has 1 amide bonds. The highest BCUT2D eigenvalue weighted by Crippen LogP contribution is 2.24. The molecule has 1 N–H and O–H groups in total. The summed E-state index contributed by atoms with van der Waals surface area (Å²) in [6, 6.07) is 8.56. The number of fused-ring (bicyclic) bond motifs is 1. The van der Waals surface area contributed by atoms with Gasteiger partial charge in [-0.1, -0.05) is 6.42 Å². The Labute approximate surface area is 197 Å². The predicted molar refractivity (Wildman–Crippen MR) is 130 cm³/mol. The van der Waals surface area contributed by atoms with Crippen molar-refractivity contribution in [2.75, 3.05) is 26.2 Å². The standard InChI is InChI=1S/C26H29N5O3/c32-24-5-4-20(17-28-24)25(33)30-13-8-23-21(18-30)16-22(19-6-9-27-10-7-19)26(34)31(23)15-14-29-11-2-1-3-12-29/h4-7,9-10,16-17H,1-3,8,11-15,18H2,(H,28,32). The van der Waals surface area contributed by atoms with Crippen LogP contribution in [0.5, 0.6) is 0 Å². The maximum atomic E-state index is 13.6. The van der Waals surface area contributed by atoms with Gasteiger partial charge in [-0.05, 0) is 61.3 Å². The summed E-state index contributed by atoms with van der Waals surface area (Å²) in [6.45, 7) is 4.63. The Balaban J connectivity index is 1.48. The van der Waals surface area contributed by atoms with E-state index in [4.69, 9.17) is 0 Å². The van der Waals surface area contributed by atoms with E-state index in [1.165, 1.54) is 31.5 Å². The van der Waals surface area contributed by atoms with Crippen LogP contribution in [0.25, 0.3) is 11.1 Å². The molecule has 8 heteroatoms. The molecule has 0 aliphatic carbocycles. The van der Waals surface area contributed by atoms with Gasteiger partial charge in [0, 0.05) is 68.5 Å². The summed E-state index contributed by atoms with van der Waals surface area (Å²) < 4.78 is 1.93. The molecule has 5 heterocycles. The number of rotatable bonds is 5. The molecule has 8 nitrogen and oxygen atoms in total. The first kappa shape index (κ1) is 22.3. The topological polar surface area (TPSA) is 91.3 Å². The van der Waals surface area contributed by atoms with Gasteiger partial charge in [0.2, 0.25) is 5.56 Å². The van der Waals surface area contributed by atoms with Crippen molar-refractivity contribution in [3.63, 3.8) is 0 Å². The van der Waals surface area contributed by atoms with E-state index in [9.17, 15) is 14.4 Å². The second kappa shape index (κ2) is 9.77. The van der Waals surface area contributed by atoms with E-state index in [1.54, 1.807) is 23.4 Å². The van der Waals surface area contributed by atoms with Crippen LogP contribution in [0.15, 0.2) is 58.5 Å². The van der Waals surface area contributed by atoms with Crippen molar-refractivity contribution < 1.29 is 4.79 Å². The zero-order valence-corrected chi connectivity index (χ0v) is 19.2. The largest absolute Gasteiger partial charge is 0.334 e. The zero-order chi connectivity index (χ0) is 23.5. The molecule has 1 saturated heterocycles. The molecule has 0 bridgehead atoms. The second-order valence-electron chi connectivity index (χ2n) is 9.04. The molecule has 3 aromatic heterocycles. The van der Waals surface area contributed by atoms with Gasteiger partial charge >= 0.3 is 0 Å². The molecule has 3 aromatic rings. The summed E-state index contributed by atoms with van der Waals surface area (Å²) in [5, 5.41) is 0. The van der Waals surface area contributed by atoms with E-state index in [0.717, 1.165) is 36.5 Å². The number of hydrogen-bond acceptors (Lipinski definition) is 5. The minimum Gasteiger partial charge on any atom is -0.334 e. The average Bonchev–Trinajstić information content (AvgIpc) is 2.89. The van der Waals surface area contributed by atoms with E-state index >= 15 is 0 Å². The lowest BCUT2D eigenvalue weighted by Crippen LogP contribution is -2.41. The van der Waals surface area contributed by atoms with Crippen molar-refractivity contribution in [3.8, 4) is 11.1 Å². The fourth-order valence-electron chi connectivity index (χ4n) is 5.02. The SMILES string of the molecule is O=C(c1ccc(=O)[nH]c1)N1CCc2c(cc(-c3ccncc3)c(=O)n2CCN2CCCCC2)C1. The number of piperidine rings is 1. The smallest absolute Gasteiger partial charge is 0.258 e. The second-order valence-corrected chi connectivity index (χ2v) is 9.04. The van der Waals surface area contributed by atoms with Crippen LogP contribution in [0.3, 0.4) is 0 Å². The molecule has 34 heavy (non-hydrogen) atoms. The van der Waals surface area contributed by atoms with Gasteiger partial charge in [-0.3, -0.25) is 19.4 Å². The highest BCUT2D eigenvalue weighted by molar-refractivity contribution is 5.94. The van der Waals surface area contributed by atoms with Gasteiger partial charge in [0.15, 0.2) is 0 Å². The number of aromatic nitrogens is 3. The third kappa shape index (κ3) is 4.59. The number of hydrogen-bond donors (Lipinski definition) is 1. The fraction of sp³-hybridized carbons (Fsp3) is 0.385. The molecule has 0 spiro atoms. The van der Waals surface area contributed by atoms with E-state index in [-0.39, 0.29) is 17.0 Å². The van der Waals surface area contributed by atoms with Gasteiger partial charge < -0.3 is 19.4 Å². The highest BCUT2D eigenvalue weighted by Gasteiger charge is 2.26. The lowest BCUT2D eigenvalue weighted by atomic mass is 9.99. The van der Waals surface area contributed by atoms with Gasteiger partial charge in [0.1, 0.15) is 0 Å². The van der Waals surface area contributed by atoms with Crippen LogP contribution >= 0.6 is 0 Å². The van der Waals surface area contributed by atoms with E-state index in [1.807, 2.05) is 22.8 Å². The summed E-state index contributed by atoms with van der Waals surface area (Å²) in [5.41, 5.74) is 3.72. The van der Waals surface area contributed by atoms with Gasteiger partial charge in [-0.25, -0.2) is 0 Å². The van der Waals surface area contributed by atoms with Gasteiger partial charge in [0.05, 0.1) is 5.56 Å². The number of aromatic amines is 1. The monoisotopic (exact) mass is 459 g/mol. The van der Waals surface area contributed by atoms with Crippen molar-refractivity contribution >= 4 is 5.91 Å². The number of H-pyrrole nitrogens is 1. The number of nitrogens with zero attached hydrogens (tertiary/aromatic N) is 4. The Morgan fingerprint density at radius 3 is 2.50 bits per heavy atom.